The van der Waals surface area contributed by atoms with Crippen LogP contribution in [0, 0.1) is 5.92 Å². The predicted molar refractivity (Wildman–Crippen MR) is 177 cm³/mol. The van der Waals surface area contributed by atoms with Crippen molar-refractivity contribution in [2.24, 2.45) is 16.8 Å². The Morgan fingerprint density at radius 3 is 2.54 bits per heavy atom. The second-order valence-electron chi connectivity index (χ2n) is 12.1. The van der Waals surface area contributed by atoms with Crippen molar-refractivity contribution >= 4 is 50.4 Å². The van der Waals surface area contributed by atoms with Crippen molar-refractivity contribution in [3.05, 3.63) is 47.7 Å². The molecule has 50 heavy (non-hydrogen) atoms. The third-order valence-corrected chi connectivity index (χ3v) is 9.06. The number of rotatable bonds is 17. The number of nitrogens with two attached hydrogens (primary N) is 2. The molecule has 5 rings (SSSR count). The molecular formula is C29H38N9O10S2+. The van der Waals surface area contributed by atoms with Gasteiger partial charge in [-0.05, 0) is 44.5 Å². The summed E-state index contributed by atoms with van der Waals surface area (Å²) in [5.41, 5.74) is 11.4. The van der Waals surface area contributed by atoms with Crippen molar-refractivity contribution in [3.63, 3.8) is 0 Å². The van der Waals surface area contributed by atoms with Crippen LogP contribution in [0.5, 0.6) is 5.75 Å². The number of nitrogens with zero attached hydrogens (tertiary/aromatic N) is 5. The minimum atomic E-state index is -5.02. The Bertz CT molecular complexity index is 1860. The van der Waals surface area contributed by atoms with E-state index in [1.807, 2.05) is 12.1 Å². The maximum atomic E-state index is 13.3. The van der Waals surface area contributed by atoms with E-state index in [-0.39, 0.29) is 10.8 Å². The summed E-state index contributed by atoms with van der Waals surface area (Å²) >= 11 is 0.964. The summed E-state index contributed by atoms with van der Waals surface area (Å²) in [4.78, 5) is 47.1. The van der Waals surface area contributed by atoms with Crippen LogP contribution in [0.25, 0.3) is 11.1 Å². The highest BCUT2D eigenvalue weighted by Gasteiger charge is 2.58. The SMILES string of the molecule is CC1(C)C(NC(=O)/C(=N\O[C@@H](COc2ccc(-c3cn(CCCN)[n+](CC4CNC4)c3)cc2)C(=O)O)c2csc(N)n2)C(=O)N1OS(=O)(=O)O. The first kappa shape index (κ1) is 36.6. The molecule has 2 aliphatic heterocycles. The molecule has 3 aromatic rings. The van der Waals surface area contributed by atoms with Crippen LogP contribution < -0.4 is 31.5 Å². The number of benzene rings is 1. The first-order valence-electron chi connectivity index (χ1n) is 15.4. The lowest BCUT2D eigenvalue weighted by molar-refractivity contribution is -0.781. The van der Waals surface area contributed by atoms with Gasteiger partial charge in [0.15, 0.2) is 17.4 Å². The Morgan fingerprint density at radius 1 is 1.26 bits per heavy atom. The normalized spacial score (nSPS) is 18.2. The van der Waals surface area contributed by atoms with E-state index in [4.69, 9.17) is 25.6 Å². The van der Waals surface area contributed by atoms with E-state index >= 15 is 0 Å². The maximum Gasteiger partial charge on any atom is 0.418 e. The number of carbonyl (C=O) groups excluding carboxylic acids is 2. The average Bonchev–Trinajstić information content (AvgIpc) is 3.66. The number of nitrogens with one attached hydrogen (secondary N) is 2. The van der Waals surface area contributed by atoms with Crippen molar-refractivity contribution in [3.8, 4) is 16.9 Å². The molecule has 2 aromatic heterocycles. The first-order valence-corrected chi connectivity index (χ1v) is 17.6. The van der Waals surface area contributed by atoms with Crippen LogP contribution in [0.4, 0.5) is 5.13 Å². The summed E-state index contributed by atoms with van der Waals surface area (Å²) in [5, 5.41) is 21.0. The van der Waals surface area contributed by atoms with E-state index in [2.05, 4.69) is 46.8 Å². The molecule has 2 fully saturated rings. The minimum Gasteiger partial charge on any atom is -0.489 e. The van der Waals surface area contributed by atoms with Gasteiger partial charge in [0.2, 0.25) is 6.20 Å². The fraction of sp³-hybridized carbons (Fsp3) is 0.448. The number of hydroxylamine groups is 2. The third kappa shape index (κ3) is 8.54. The van der Waals surface area contributed by atoms with Gasteiger partial charge in [0.05, 0.1) is 23.8 Å². The largest absolute Gasteiger partial charge is 0.489 e. The van der Waals surface area contributed by atoms with Crippen molar-refractivity contribution in [1.29, 1.82) is 0 Å². The van der Waals surface area contributed by atoms with Crippen LogP contribution in [0.15, 0.2) is 47.2 Å². The zero-order valence-corrected chi connectivity index (χ0v) is 28.7. The lowest BCUT2D eigenvalue weighted by atomic mass is 9.84. The van der Waals surface area contributed by atoms with Crippen LogP contribution in [0.3, 0.4) is 0 Å². The highest BCUT2D eigenvalue weighted by atomic mass is 32.3. The van der Waals surface area contributed by atoms with Crippen LogP contribution in [0.2, 0.25) is 0 Å². The number of anilines is 1. The Balaban J connectivity index is 1.25. The maximum absolute atomic E-state index is 13.3. The monoisotopic (exact) mass is 736 g/mol. The molecule has 0 spiro atoms. The van der Waals surface area contributed by atoms with Gasteiger partial charge in [0.25, 0.3) is 17.9 Å². The van der Waals surface area contributed by atoms with Gasteiger partial charge in [-0.25, -0.2) is 9.78 Å². The molecule has 2 aliphatic rings. The van der Waals surface area contributed by atoms with E-state index in [9.17, 15) is 27.9 Å². The van der Waals surface area contributed by atoms with Gasteiger partial charge < -0.3 is 36.8 Å². The predicted octanol–water partition coefficient (Wildman–Crippen LogP) is -0.858. The number of hydrogen-bond donors (Lipinski definition) is 6. The molecule has 8 N–H and O–H groups in total. The van der Waals surface area contributed by atoms with E-state index < -0.39 is 58.2 Å². The lowest BCUT2D eigenvalue weighted by Gasteiger charge is -2.50. The van der Waals surface area contributed by atoms with Gasteiger partial charge in [-0.2, -0.15) is 18.2 Å². The fourth-order valence-corrected chi connectivity index (χ4v) is 6.20. The number of aryl methyl sites for hydroxylation is 1. The number of nitrogen functional groups attached to an aromatic ring is 1. The number of β-lactam (4-membered cyclic amide) rings is 1. The van der Waals surface area contributed by atoms with E-state index in [0.717, 1.165) is 55.1 Å². The summed E-state index contributed by atoms with van der Waals surface area (Å²) in [5.74, 6) is -2.53. The molecule has 4 heterocycles. The van der Waals surface area contributed by atoms with Gasteiger partial charge >= 0.3 is 16.4 Å². The molecule has 19 nitrogen and oxygen atoms in total. The number of carbonyl (C=O) groups is 3. The smallest absolute Gasteiger partial charge is 0.418 e. The zero-order chi connectivity index (χ0) is 36.2. The highest BCUT2D eigenvalue weighted by molar-refractivity contribution is 7.80. The Hall–Kier alpha value is -4.67. The van der Waals surface area contributed by atoms with E-state index in [1.165, 1.54) is 19.2 Å². The summed E-state index contributed by atoms with van der Waals surface area (Å²) in [6, 6.07) is 5.76. The second kappa shape index (κ2) is 15.1. The van der Waals surface area contributed by atoms with Crippen LogP contribution >= 0.6 is 11.3 Å². The van der Waals surface area contributed by atoms with Crippen molar-refractivity contribution in [2.45, 2.75) is 51.0 Å². The first-order chi connectivity index (χ1) is 23.7. The highest BCUT2D eigenvalue weighted by Crippen LogP contribution is 2.33. The molecule has 1 aromatic carbocycles. The topological polar surface area (TPSA) is 267 Å². The van der Waals surface area contributed by atoms with Gasteiger partial charge in [-0.1, -0.05) is 17.3 Å². The van der Waals surface area contributed by atoms with Crippen molar-refractivity contribution in [2.75, 3.05) is 32.0 Å². The van der Waals surface area contributed by atoms with Gasteiger partial charge in [-0.3, -0.25) is 14.1 Å². The minimum absolute atomic E-state index is 0.0625. The number of amides is 2. The standard InChI is InChI=1S/C29H37N9O10S2/c1-29(2)24(26(40)38(29)48-50(43,44)45)34-25(39)23(21-16-49-28(31)33-21)35-47-22(27(41)42)15-46-20-6-4-18(5-7-20)19-13-36(9-3-8-30)37(14-19)12-17-10-32-11-17/h4-7,13-14,16-17,22,24,32H,3,8-12,15,30H2,1-2H3,(H4-,31,33,34,39,41,42,43,44,45)/p+1/b35-23-/t22-,24?/m0/s1. The van der Waals surface area contributed by atoms with Crippen molar-refractivity contribution in [1.82, 2.24) is 25.4 Å². The lowest BCUT2D eigenvalue weighted by Crippen LogP contribution is -2.76. The summed E-state index contributed by atoms with van der Waals surface area (Å²) in [7, 11) is -5.02. The molecule has 21 heteroatoms. The second-order valence-corrected chi connectivity index (χ2v) is 14.0. The molecule has 2 saturated heterocycles. The van der Waals surface area contributed by atoms with Gasteiger partial charge in [0, 0.05) is 24.4 Å². The summed E-state index contributed by atoms with van der Waals surface area (Å²) in [6.45, 7) is 6.46. The van der Waals surface area contributed by atoms with Crippen LogP contribution in [-0.2, 0) is 47.0 Å². The molecular weight excluding hydrogens is 699 g/mol. The molecule has 1 unspecified atom stereocenters. The quantitative estimate of drug-likeness (QED) is 0.0324. The zero-order valence-electron chi connectivity index (χ0n) is 27.1. The average molecular weight is 737 g/mol. The number of hydrogen-bond acceptors (Lipinski definition) is 14. The number of aliphatic carboxylic acids is 1. The number of carboxylic acids is 1. The van der Waals surface area contributed by atoms with Gasteiger partial charge in [-0.15, -0.1) is 20.3 Å². The summed E-state index contributed by atoms with van der Waals surface area (Å²) in [6.07, 6.45) is 3.33. The number of thiazole rings is 1. The number of ether oxygens (including phenoxy) is 1. The Kier molecular flexibility index (Phi) is 11.0. The van der Waals surface area contributed by atoms with Crippen LogP contribution in [-0.4, -0.2) is 100 Å². The van der Waals surface area contributed by atoms with Crippen LogP contribution in [0.1, 0.15) is 26.0 Å². The molecule has 270 valence electrons. The third-order valence-electron chi connectivity index (χ3n) is 8.05. The molecule has 2 atom stereocenters. The van der Waals surface area contributed by atoms with E-state index in [0.29, 0.717) is 23.3 Å². The van der Waals surface area contributed by atoms with E-state index in [1.54, 1.807) is 12.1 Å². The summed E-state index contributed by atoms with van der Waals surface area (Å²) < 4.78 is 45.6. The molecule has 0 saturated carbocycles. The van der Waals surface area contributed by atoms with Gasteiger partial charge in [0.1, 0.15) is 24.1 Å². The number of aromatic nitrogens is 3. The Labute approximate surface area is 290 Å². The van der Waals surface area contributed by atoms with Crippen molar-refractivity contribution < 1.29 is 51.0 Å². The molecule has 0 aliphatic carbocycles. The molecule has 0 bridgehead atoms. The fourth-order valence-electron chi connectivity index (χ4n) is 5.20. The number of carboxylic acid groups (broad SMARTS) is 1. The number of oxime groups is 1. The molecule has 0 radical (unpaired) electrons. The Morgan fingerprint density at radius 2 is 1.98 bits per heavy atom. The molecule has 2 amide bonds.